The Morgan fingerprint density at radius 1 is 1.12 bits per heavy atom. The van der Waals surface area contributed by atoms with Crippen LogP contribution >= 0.6 is 34.7 Å². The van der Waals surface area contributed by atoms with Crippen LogP contribution < -0.4 is 10.6 Å². The Morgan fingerprint density at radius 2 is 1.80 bits per heavy atom. The average Bonchev–Trinajstić information content (AvgIpc) is 3.41. The van der Waals surface area contributed by atoms with Crippen LogP contribution in [0.25, 0.3) is 0 Å². The molecule has 0 aliphatic carbocycles. The lowest BCUT2D eigenvalue weighted by molar-refractivity contribution is -0.115. The number of nitrogens with one attached hydrogen (secondary N) is 2. The number of carbonyl (C=O) groups excluding carboxylic acids is 4. The maximum Gasteiger partial charge on any atom is 0.348 e. The normalized spacial score (nSPS) is 11.6. The maximum atomic E-state index is 14.0. The fourth-order valence-corrected chi connectivity index (χ4v) is 5.61. The average molecular weight is 612 g/mol. The van der Waals surface area contributed by atoms with Gasteiger partial charge in [0.25, 0.3) is 5.91 Å². The fourth-order valence-electron chi connectivity index (χ4n) is 3.43. The molecule has 11 nitrogen and oxygen atoms in total. The highest BCUT2D eigenvalue weighted by Crippen LogP contribution is 2.35. The molecule has 3 rings (SSSR count). The molecule has 15 heteroatoms. The minimum absolute atomic E-state index is 0.0204. The van der Waals surface area contributed by atoms with E-state index in [4.69, 9.17) is 21.1 Å². The van der Waals surface area contributed by atoms with Gasteiger partial charge in [-0.2, -0.15) is 0 Å². The molecule has 214 valence electrons. The number of nitrogens with zero attached hydrogens (tertiary/aromatic N) is 3. The third-order valence-corrected chi connectivity index (χ3v) is 8.13. The summed E-state index contributed by atoms with van der Waals surface area (Å²) in [6.07, 6.45) is 0. The topological polar surface area (TPSA) is 142 Å². The van der Waals surface area contributed by atoms with E-state index in [1.54, 1.807) is 39.3 Å². The number of thioether (sulfide) groups is 1. The largest absolute Gasteiger partial charge is 0.462 e. The van der Waals surface area contributed by atoms with Gasteiger partial charge in [0, 0.05) is 7.05 Å². The SMILES string of the molecule is CCOC(=O)c1sc(NC(=O)[C@@H](C)Sc2nnc(CNC(=O)c3c(F)cccc3Cl)n2C)c(C(=O)OCC)c1C. The van der Waals surface area contributed by atoms with Crippen LogP contribution in [0.1, 0.15) is 62.5 Å². The number of hydrogen-bond donors (Lipinski definition) is 2. The van der Waals surface area contributed by atoms with Crippen molar-refractivity contribution in [2.45, 2.75) is 44.6 Å². The molecule has 0 spiro atoms. The minimum Gasteiger partial charge on any atom is -0.462 e. The van der Waals surface area contributed by atoms with Gasteiger partial charge in [-0.3, -0.25) is 9.59 Å². The van der Waals surface area contributed by atoms with E-state index in [-0.39, 0.29) is 45.8 Å². The van der Waals surface area contributed by atoms with Crippen LogP contribution in [0.4, 0.5) is 9.39 Å². The molecule has 1 atom stereocenters. The standard InChI is InChI=1S/C25H27ClFN5O6S2/c1-6-37-23(35)17-12(3)19(24(36)38-7-2)40-22(17)29-20(33)13(4)39-25-31-30-16(32(25)5)11-28-21(34)18-14(26)9-8-10-15(18)27/h8-10,13H,6-7,11H2,1-5H3,(H,28,34)(H,29,33)/t13-/m1/s1. The van der Waals surface area contributed by atoms with Crippen molar-refractivity contribution in [3.8, 4) is 0 Å². The number of amides is 2. The maximum absolute atomic E-state index is 14.0. The molecule has 1 aromatic carbocycles. The number of hydrogen-bond acceptors (Lipinski definition) is 10. The van der Waals surface area contributed by atoms with Crippen LogP contribution in [0.15, 0.2) is 23.4 Å². The molecular weight excluding hydrogens is 585 g/mol. The molecule has 2 amide bonds. The highest BCUT2D eigenvalue weighted by molar-refractivity contribution is 8.00. The van der Waals surface area contributed by atoms with E-state index < -0.39 is 34.8 Å². The first-order valence-electron chi connectivity index (χ1n) is 12.1. The van der Waals surface area contributed by atoms with Crippen LogP contribution in [0, 0.1) is 12.7 Å². The van der Waals surface area contributed by atoms with Crippen LogP contribution in [0.2, 0.25) is 5.02 Å². The minimum atomic E-state index is -0.750. The van der Waals surface area contributed by atoms with Crippen molar-refractivity contribution < 1.29 is 33.0 Å². The van der Waals surface area contributed by atoms with Gasteiger partial charge in [-0.05, 0) is 45.4 Å². The molecule has 0 aliphatic heterocycles. The van der Waals surface area contributed by atoms with Crippen molar-refractivity contribution in [2.75, 3.05) is 18.5 Å². The third kappa shape index (κ3) is 6.98. The quantitative estimate of drug-likeness (QED) is 0.239. The third-order valence-electron chi connectivity index (χ3n) is 5.50. The van der Waals surface area contributed by atoms with E-state index in [2.05, 4.69) is 20.8 Å². The van der Waals surface area contributed by atoms with Crippen LogP contribution in [-0.4, -0.2) is 57.0 Å². The highest BCUT2D eigenvalue weighted by atomic mass is 35.5. The second-order valence-electron chi connectivity index (χ2n) is 8.19. The summed E-state index contributed by atoms with van der Waals surface area (Å²) in [5.74, 6) is -2.83. The lowest BCUT2D eigenvalue weighted by Gasteiger charge is -2.12. The summed E-state index contributed by atoms with van der Waals surface area (Å²) < 4.78 is 25.8. The fraction of sp³-hybridized carbons (Fsp3) is 0.360. The Hall–Kier alpha value is -3.49. The zero-order chi connectivity index (χ0) is 29.6. The van der Waals surface area contributed by atoms with Crippen molar-refractivity contribution in [1.82, 2.24) is 20.1 Å². The van der Waals surface area contributed by atoms with Gasteiger partial charge in [-0.15, -0.1) is 21.5 Å². The summed E-state index contributed by atoms with van der Waals surface area (Å²) in [6, 6.07) is 3.94. The zero-order valence-corrected chi connectivity index (χ0v) is 24.7. The monoisotopic (exact) mass is 611 g/mol. The molecule has 0 radical (unpaired) electrons. The lowest BCUT2D eigenvalue weighted by Crippen LogP contribution is -2.26. The summed E-state index contributed by atoms with van der Waals surface area (Å²) in [5, 5.41) is 13.2. The summed E-state index contributed by atoms with van der Waals surface area (Å²) in [5.41, 5.74) is 0.171. The first kappa shape index (κ1) is 31.0. The first-order chi connectivity index (χ1) is 19.0. The molecule has 2 heterocycles. The van der Waals surface area contributed by atoms with Gasteiger partial charge in [0.2, 0.25) is 5.91 Å². The zero-order valence-electron chi connectivity index (χ0n) is 22.3. The van der Waals surface area contributed by atoms with E-state index in [0.717, 1.165) is 29.2 Å². The van der Waals surface area contributed by atoms with Gasteiger partial charge in [0.1, 0.15) is 15.7 Å². The molecule has 2 N–H and O–H groups in total. The first-order valence-corrected chi connectivity index (χ1v) is 14.1. The predicted octanol–water partition coefficient (Wildman–Crippen LogP) is 4.38. The van der Waals surface area contributed by atoms with Crippen LogP contribution in [-0.2, 0) is 27.9 Å². The Bertz CT molecular complexity index is 1420. The molecule has 0 aliphatic rings. The van der Waals surface area contributed by atoms with E-state index in [1.165, 1.54) is 12.1 Å². The highest BCUT2D eigenvalue weighted by Gasteiger charge is 2.29. The Balaban J connectivity index is 1.71. The Labute approximate surface area is 242 Å². The molecule has 0 bridgehead atoms. The van der Waals surface area contributed by atoms with E-state index in [1.807, 2.05) is 0 Å². The van der Waals surface area contributed by atoms with Crippen LogP contribution in [0.3, 0.4) is 0 Å². The van der Waals surface area contributed by atoms with Crippen molar-refractivity contribution in [3.63, 3.8) is 0 Å². The van der Waals surface area contributed by atoms with Gasteiger partial charge < -0.3 is 24.7 Å². The van der Waals surface area contributed by atoms with Crippen molar-refractivity contribution in [2.24, 2.45) is 7.05 Å². The lowest BCUT2D eigenvalue weighted by atomic mass is 10.1. The van der Waals surface area contributed by atoms with Gasteiger partial charge in [0.15, 0.2) is 11.0 Å². The molecule has 0 saturated heterocycles. The Kier molecular flexibility index (Phi) is 10.7. The summed E-state index contributed by atoms with van der Waals surface area (Å²) in [4.78, 5) is 50.7. The second-order valence-corrected chi connectivity index (χ2v) is 10.9. The number of esters is 2. The second kappa shape index (κ2) is 13.7. The molecular formula is C25H27ClFN5O6S2. The number of anilines is 1. The van der Waals surface area contributed by atoms with Crippen molar-refractivity contribution in [1.29, 1.82) is 0 Å². The molecule has 0 saturated carbocycles. The van der Waals surface area contributed by atoms with Crippen LogP contribution in [0.5, 0.6) is 0 Å². The number of ether oxygens (including phenoxy) is 2. The summed E-state index contributed by atoms with van der Waals surface area (Å²) in [6.45, 7) is 6.74. The van der Waals surface area contributed by atoms with Gasteiger partial charge in [-0.25, -0.2) is 14.0 Å². The van der Waals surface area contributed by atoms with Gasteiger partial charge >= 0.3 is 11.9 Å². The van der Waals surface area contributed by atoms with Gasteiger partial charge in [0.05, 0.1) is 41.2 Å². The van der Waals surface area contributed by atoms with Crippen molar-refractivity contribution in [3.05, 3.63) is 56.4 Å². The Morgan fingerprint density at radius 3 is 2.45 bits per heavy atom. The molecule has 2 aromatic heterocycles. The van der Waals surface area contributed by atoms with E-state index >= 15 is 0 Å². The molecule has 0 fully saturated rings. The smallest absolute Gasteiger partial charge is 0.348 e. The number of thiophene rings is 1. The van der Waals surface area contributed by atoms with Gasteiger partial charge in [-0.1, -0.05) is 29.4 Å². The van der Waals surface area contributed by atoms with E-state index in [0.29, 0.717) is 16.5 Å². The molecule has 0 unspecified atom stereocenters. The predicted molar refractivity (Wildman–Crippen MR) is 149 cm³/mol. The number of carbonyl (C=O) groups is 4. The van der Waals surface area contributed by atoms with Crippen molar-refractivity contribution >= 4 is 63.5 Å². The van der Waals surface area contributed by atoms with E-state index in [9.17, 15) is 23.6 Å². The number of halogens is 2. The summed E-state index contributed by atoms with van der Waals surface area (Å²) >= 11 is 7.96. The number of benzene rings is 1. The molecule has 40 heavy (non-hydrogen) atoms. The number of rotatable bonds is 11. The number of aromatic nitrogens is 3. The molecule has 3 aromatic rings. The summed E-state index contributed by atoms with van der Waals surface area (Å²) in [7, 11) is 1.65.